The van der Waals surface area contributed by atoms with Crippen molar-refractivity contribution in [2.24, 2.45) is 0 Å². The predicted octanol–water partition coefficient (Wildman–Crippen LogP) is 1.36. The Kier molecular flexibility index (Phi) is 4.48. The van der Waals surface area contributed by atoms with Gasteiger partial charge in [-0.2, -0.15) is 0 Å². The Bertz CT molecular complexity index is 654. The van der Waals surface area contributed by atoms with Crippen LogP contribution in [-0.2, 0) is 20.6 Å². The summed E-state index contributed by atoms with van der Waals surface area (Å²) in [6, 6.07) is 1.73. The molecule has 2 N–H and O–H groups in total. The molecular formula is C17H24N2O4. The quantitative estimate of drug-likeness (QED) is 0.855. The number of ketones is 1. The summed E-state index contributed by atoms with van der Waals surface area (Å²) in [6.07, 6.45) is 0.555. The number of amides is 1. The van der Waals surface area contributed by atoms with Gasteiger partial charge in [-0.05, 0) is 40.2 Å². The lowest BCUT2D eigenvalue weighted by molar-refractivity contribution is -0.126. The van der Waals surface area contributed by atoms with E-state index < -0.39 is 11.0 Å². The summed E-state index contributed by atoms with van der Waals surface area (Å²) in [7, 11) is 1.59. The summed E-state index contributed by atoms with van der Waals surface area (Å²) in [5, 5.41) is 13.4. The van der Waals surface area contributed by atoms with Crippen LogP contribution in [0.1, 0.15) is 50.6 Å². The number of carbonyl (C=O) groups is 2. The van der Waals surface area contributed by atoms with Gasteiger partial charge in [-0.3, -0.25) is 9.78 Å². The molecular weight excluding hydrogens is 296 g/mol. The van der Waals surface area contributed by atoms with Crippen molar-refractivity contribution < 1.29 is 19.4 Å². The highest BCUT2D eigenvalue weighted by molar-refractivity contribution is 5.89. The van der Waals surface area contributed by atoms with Crippen molar-refractivity contribution in [3.05, 3.63) is 23.0 Å². The lowest BCUT2D eigenvalue weighted by atomic mass is 9.81. The molecule has 1 amide bonds. The first-order chi connectivity index (χ1) is 10.6. The number of Topliss-reactive ketones (excluding diaryl/α,β-unsaturated/α-hetero) is 1. The van der Waals surface area contributed by atoms with Crippen LogP contribution >= 0.6 is 0 Å². The predicted molar refractivity (Wildman–Crippen MR) is 85.4 cm³/mol. The van der Waals surface area contributed by atoms with Crippen molar-refractivity contribution in [2.45, 2.75) is 51.6 Å². The number of aryl methyl sites for hydroxylation is 1. The normalized spacial score (nSPS) is 22.0. The summed E-state index contributed by atoms with van der Waals surface area (Å²) >= 11 is 0. The molecule has 1 aliphatic rings. The maximum atomic E-state index is 12.3. The van der Waals surface area contributed by atoms with Gasteiger partial charge < -0.3 is 20.0 Å². The third-order valence-electron chi connectivity index (χ3n) is 4.49. The lowest BCUT2D eigenvalue weighted by Gasteiger charge is -2.25. The minimum absolute atomic E-state index is 0.0155. The van der Waals surface area contributed by atoms with Crippen LogP contribution in [0.5, 0.6) is 5.75 Å². The van der Waals surface area contributed by atoms with Gasteiger partial charge in [0.2, 0.25) is 5.91 Å². The number of hydrogen-bond donors (Lipinski definition) is 2. The van der Waals surface area contributed by atoms with E-state index in [-0.39, 0.29) is 31.1 Å². The number of pyridine rings is 1. The van der Waals surface area contributed by atoms with Crippen molar-refractivity contribution in [2.75, 3.05) is 13.7 Å². The van der Waals surface area contributed by atoms with E-state index in [0.717, 1.165) is 5.56 Å². The SMILES string of the molecule is CNC(=O)[C@@]1(C)COc2c1cc(C(C)(O)CCC(C)=O)nc2C. The molecule has 0 fully saturated rings. The lowest BCUT2D eigenvalue weighted by Crippen LogP contribution is -2.42. The molecule has 6 heteroatoms. The van der Waals surface area contributed by atoms with Crippen LogP contribution in [0.25, 0.3) is 0 Å². The third-order valence-corrected chi connectivity index (χ3v) is 4.49. The average molecular weight is 320 g/mol. The fraction of sp³-hybridized carbons (Fsp3) is 0.588. The second-order valence-corrected chi connectivity index (χ2v) is 6.65. The van der Waals surface area contributed by atoms with E-state index in [0.29, 0.717) is 17.1 Å². The Morgan fingerprint density at radius 3 is 2.74 bits per heavy atom. The topological polar surface area (TPSA) is 88.5 Å². The summed E-state index contributed by atoms with van der Waals surface area (Å²) in [5.41, 5.74) is -0.243. The molecule has 2 rings (SSSR count). The largest absolute Gasteiger partial charge is 0.490 e. The number of aromatic nitrogens is 1. The van der Waals surface area contributed by atoms with Crippen molar-refractivity contribution in [1.82, 2.24) is 10.3 Å². The number of hydrogen-bond acceptors (Lipinski definition) is 5. The first-order valence-electron chi connectivity index (χ1n) is 7.71. The molecule has 1 aliphatic heterocycles. The van der Waals surface area contributed by atoms with Gasteiger partial charge in [0, 0.05) is 19.0 Å². The van der Waals surface area contributed by atoms with E-state index in [1.807, 2.05) is 6.92 Å². The molecule has 23 heavy (non-hydrogen) atoms. The number of aliphatic hydroxyl groups is 1. The third kappa shape index (κ3) is 3.08. The zero-order valence-corrected chi connectivity index (χ0v) is 14.3. The van der Waals surface area contributed by atoms with Crippen LogP contribution in [0.15, 0.2) is 6.07 Å². The van der Waals surface area contributed by atoms with Crippen LogP contribution in [0.3, 0.4) is 0 Å². The smallest absolute Gasteiger partial charge is 0.233 e. The molecule has 0 saturated heterocycles. The van der Waals surface area contributed by atoms with E-state index >= 15 is 0 Å². The maximum Gasteiger partial charge on any atom is 0.233 e. The number of rotatable bonds is 5. The maximum absolute atomic E-state index is 12.3. The van der Waals surface area contributed by atoms with E-state index in [9.17, 15) is 14.7 Å². The first kappa shape index (κ1) is 17.4. The molecule has 0 bridgehead atoms. The van der Waals surface area contributed by atoms with Gasteiger partial charge in [0.05, 0.1) is 11.4 Å². The molecule has 1 aromatic rings. The molecule has 126 valence electrons. The van der Waals surface area contributed by atoms with Crippen molar-refractivity contribution in [1.29, 1.82) is 0 Å². The van der Waals surface area contributed by atoms with Gasteiger partial charge >= 0.3 is 0 Å². The highest BCUT2D eigenvalue weighted by Crippen LogP contribution is 2.42. The second-order valence-electron chi connectivity index (χ2n) is 6.65. The molecule has 2 atom stereocenters. The van der Waals surface area contributed by atoms with Crippen LogP contribution in [0.4, 0.5) is 0 Å². The number of nitrogens with zero attached hydrogens (tertiary/aromatic N) is 1. The zero-order valence-electron chi connectivity index (χ0n) is 14.3. The molecule has 0 radical (unpaired) electrons. The molecule has 1 unspecified atom stereocenters. The molecule has 0 aromatic carbocycles. The van der Waals surface area contributed by atoms with Crippen LogP contribution in [0, 0.1) is 6.92 Å². The molecule has 0 spiro atoms. The summed E-state index contributed by atoms with van der Waals surface area (Å²) in [5.74, 6) is 0.472. The van der Waals surface area contributed by atoms with Gasteiger partial charge in [0.25, 0.3) is 0 Å². The zero-order chi connectivity index (χ0) is 17.4. The minimum atomic E-state index is -1.24. The van der Waals surface area contributed by atoms with E-state index in [1.165, 1.54) is 6.92 Å². The van der Waals surface area contributed by atoms with E-state index in [2.05, 4.69) is 10.3 Å². The van der Waals surface area contributed by atoms with Crippen molar-refractivity contribution in [3.63, 3.8) is 0 Å². The first-order valence-corrected chi connectivity index (χ1v) is 7.71. The number of ether oxygens (including phenoxy) is 1. The second kappa shape index (κ2) is 5.92. The fourth-order valence-electron chi connectivity index (χ4n) is 2.83. The summed E-state index contributed by atoms with van der Waals surface area (Å²) in [4.78, 5) is 27.9. The number of carbonyl (C=O) groups excluding carboxylic acids is 2. The van der Waals surface area contributed by atoms with Crippen LogP contribution in [0.2, 0.25) is 0 Å². The van der Waals surface area contributed by atoms with Gasteiger partial charge in [0.15, 0.2) is 0 Å². The summed E-state index contributed by atoms with van der Waals surface area (Å²) < 4.78 is 5.67. The van der Waals surface area contributed by atoms with Crippen LogP contribution in [-0.4, -0.2) is 35.4 Å². The van der Waals surface area contributed by atoms with Gasteiger partial charge in [-0.15, -0.1) is 0 Å². The Hall–Kier alpha value is -1.95. The highest BCUT2D eigenvalue weighted by Gasteiger charge is 2.44. The highest BCUT2D eigenvalue weighted by atomic mass is 16.5. The van der Waals surface area contributed by atoms with Crippen molar-refractivity contribution in [3.8, 4) is 5.75 Å². The summed E-state index contributed by atoms with van der Waals surface area (Å²) in [6.45, 7) is 6.97. The standard InChI is InChI=1S/C17H24N2O4/c1-10(20)6-7-17(4,22)13-8-12-14(11(2)19-13)23-9-16(12,3)15(21)18-5/h8,22H,6-7,9H2,1-5H3,(H,18,21)/t16-,17?/m0/s1. The number of fused-ring (bicyclic) bond motifs is 1. The number of nitrogens with one attached hydrogen (secondary N) is 1. The van der Waals surface area contributed by atoms with E-state index in [1.54, 1.807) is 27.0 Å². The Morgan fingerprint density at radius 1 is 1.52 bits per heavy atom. The molecule has 0 aliphatic carbocycles. The average Bonchev–Trinajstić information content (AvgIpc) is 2.84. The van der Waals surface area contributed by atoms with Crippen LogP contribution < -0.4 is 10.1 Å². The molecule has 2 heterocycles. The Balaban J connectivity index is 2.47. The fourth-order valence-corrected chi connectivity index (χ4v) is 2.83. The van der Waals surface area contributed by atoms with E-state index in [4.69, 9.17) is 4.74 Å². The Labute approximate surface area is 136 Å². The van der Waals surface area contributed by atoms with Gasteiger partial charge in [-0.25, -0.2) is 0 Å². The van der Waals surface area contributed by atoms with Crippen molar-refractivity contribution >= 4 is 11.7 Å². The Morgan fingerprint density at radius 2 is 2.17 bits per heavy atom. The van der Waals surface area contributed by atoms with Gasteiger partial charge in [-0.1, -0.05) is 0 Å². The van der Waals surface area contributed by atoms with Gasteiger partial charge in [0.1, 0.15) is 29.2 Å². The number of likely N-dealkylation sites (N-methyl/N-ethyl adjacent to an activating group) is 1. The molecule has 1 aromatic heterocycles. The molecule has 0 saturated carbocycles. The minimum Gasteiger partial charge on any atom is -0.490 e. The monoisotopic (exact) mass is 320 g/mol. The molecule has 6 nitrogen and oxygen atoms in total.